The van der Waals surface area contributed by atoms with Crippen LogP contribution in [-0.2, 0) is 4.74 Å². The average molecular weight is 292 g/mol. The molecular formula is C17H28N2O2. The van der Waals surface area contributed by atoms with E-state index in [1.165, 1.54) is 12.8 Å². The zero-order chi connectivity index (χ0) is 15.5. The maximum Gasteiger partial charge on any atom is 0.338 e. The lowest BCUT2D eigenvalue weighted by molar-refractivity contribution is 0.0492. The molecule has 118 valence electrons. The van der Waals surface area contributed by atoms with E-state index in [4.69, 9.17) is 16.2 Å². The molecule has 2 unspecified atom stereocenters. The van der Waals surface area contributed by atoms with Gasteiger partial charge in [0.1, 0.15) is 0 Å². The summed E-state index contributed by atoms with van der Waals surface area (Å²) in [4.78, 5) is 11.7. The molecule has 0 bridgehead atoms. The quantitative estimate of drug-likeness (QED) is 0.513. The van der Waals surface area contributed by atoms with E-state index in [1.54, 1.807) is 12.1 Å². The van der Waals surface area contributed by atoms with E-state index in [2.05, 4.69) is 6.92 Å². The minimum absolute atomic E-state index is 0.00907. The molecule has 4 N–H and O–H groups in total. The van der Waals surface area contributed by atoms with Crippen LogP contribution in [-0.4, -0.2) is 24.7 Å². The molecule has 1 aromatic rings. The number of nitrogens with two attached hydrogens (primary N) is 2. The maximum absolute atomic E-state index is 11.7. The van der Waals surface area contributed by atoms with Crippen LogP contribution in [0.1, 0.15) is 55.8 Å². The van der Waals surface area contributed by atoms with Crippen molar-refractivity contribution in [2.24, 2.45) is 11.5 Å². The number of benzene rings is 1. The summed E-state index contributed by atoms with van der Waals surface area (Å²) in [6.07, 6.45) is 6.04. The second-order valence-corrected chi connectivity index (χ2v) is 5.54. The normalized spacial score (nSPS) is 13.7. The number of carbonyl (C=O) groups is 1. The van der Waals surface area contributed by atoms with Crippen LogP contribution in [0.3, 0.4) is 0 Å². The van der Waals surface area contributed by atoms with Crippen LogP contribution in [0.25, 0.3) is 0 Å². The standard InChI is InChI=1S/C17H28N2O2/c1-2-3-5-10-15(18)13-16(19)11-12-21-17(20)14-8-6-4-7-9-14/h4,6-9,15-16H,2-3,5,10-13,18-19H2,1H3. The monoisotopic (exact) mass is 292 g/mol. The maximum atomic E-state index is 11.7. The Kier molecular flexibility index (Phi) is 8.71. The van der Waals surface area contributed by atoms with Gasteiger partial charge in [0, 0.05) is 12.1 Å². The third kappa shape index (κ3) is 7.83. The van der Waals surface area contributed by atoms with E-state index in [1.807, 2.05) is 18.2 Å². The predicted octanol–water partition coefficient (Wildman–Crippen LogP) is 2.86. The Bertz CT molecular complexity index is 395. The molecule has 4 heteroatoms. The highest BCUT2D eigenvalue weighted by atomic mass is 16.5. The molecule has 4 nitrogen and oxygen atoms in total. The lowest BCUT2D eigenvalue weighted by Gasteiger charge is -2.17. The van der Waals surface area contributed by atoms with Crippen molar-refractivity contribution in [1.29, 1.82) is 0 Å². The molecule has 1 aromatic carbocycles. The van der Waals surface area contributed by atoms with Crippen molar-refractivity contribution in [2.75, 3.05) is 6.61 Å². The fraction of sp³-hybridized carbons (Fsp3) is 0.588. The van der Waals surface area contributed by atoms with E-state index in [0.29, 0.717) is 18.6 Å². The first kappa shape index (κ1) is 17.7. The molecule has 0 saturated heterocycles. The van der Waals surface area contributed by atoms with Gasteiger partial charge in [-0.2, -0.15) is 0 Å². The third-order valence-electron chi connectivity index (χ3n) is 3.52. The summed E-state index contributed by atoms with van der Waals surface area (Å²) >= 11 is 0. The van der Waals surface area contributed by atoms with Crippen LogP contribution in [0.5, 0.6) is 0 Å². The Morgan fingerprint density at radius 2 is 1.76 bits per heavy atom. The minimum Gasteiger partial charge on any atom is -0.462 e. The first-order valence-electron chi connectivity index (χ1n) is 7.86. The Balaban J connectivity index is 2.15. The first-order chi connectivity index (χ1) is 10.1. The number of ether oxygens (including phenoxy) is 1. The van der Waals surface area contributed by atoms with Crippen LogP contribution >= 0.6 is 0 Å². The predicted molar refractivity (Wildman–Crippen MR) is 86.1 cm³/mol. The molecule has 1 rings (SSSR count). The Morgan fingerprint density at radius 3 is 2.43 bits per heavy atom. The van der Waals surface area contributed by atoms with Crippen LogP contribution in [0.2, 0.25) is 0 Å². The van der Waals surface area contributed by atoms with Gasteiger partial charge in [0.2, 0.25) is 0 Å². The van der Waals surface area contributed by atoms with Gasteiger partial charge in [-0.3, -0.25) is 0 Å². The summed E-state index contributed by atoms with van der Waals surface area (Å²) in [6, 6.07) is 9.13. The average Bonchev–Trinajstić information content (AvgIpc) is 2.48. The highest BCUT2D eigenvalue weighted by Crippen LogP contribution is 2.08. The van der Waals surface area contributed by atoms with Crippen molar-refractivity contribution in [2.45, 2.75) is 57.5 Å². The van der Waals surface area contributed by atoms with E-state index in [0.717, 1.165) is 19.3 Å². The molecule has 2 atom stereocenters. The zero-order valence-electron chi connectivity index (χ0n) is 13.0. The van der Waals surface area contributed by atoms with Gasteiger partial charge in [-0.1, -0.05) is 44.4 Å². The lowest BCUT2D eigenvalue weighted by Crippen LogP contribution is -2.32. The third-order valence-corrected chi connectivity index (χ3v) is 3.52. The number of carbonyl (C=O) groups excluding carboxylic acids is 1. The van der Waals surface area contributed by atoms with Crippen molar-refractivity contribution < 1.29 is 9.53 Å². The fourth-order valence-electron chi connectivity index (χ4n) is 2.24. The van der Waals surface area contributed by atoms with Gasteiger partial charge in [-0.05, 0) is 31.4 Å². The molecule has 0 saturated carbocycles. The van der Waals surface area contributed by atoms with E-state index >= 15 is 0 Å². The fourth-order valence-corrected chi connectivity index (χ4v) is 2.24. The summed E-state index contributed by atoms with van der Waals surface area (Å²) in [5.41, 5.74) is 12.7. The number of unbranched alkanes of at least 4 members (excludes halogenated alkanes) is 2. The summed E-state index contributed by atoms with van der Waals surface area (Å²) in [6.45, 7) is 2.52. The van der Waals surface area contributed by atoms with Gasteiger partial charge in [-0.15, -0.1) is 0 Å². The van der Waals surface area contributed by atoms with Crippen LogP contribution in [0, 0.1) is 0 Å². The van der Waals surface area contributed by atoms with Crippen molar-refractivity contribution in [1.82, 2.24) is 0 Å². The van der Waals surface area contributed by atoms with E-state index in [9.17, 15) is 4.79 Å². The van der Waals surface area contributed by atoms with Gasteiger partial charge < -0.3 is 16.2 Å². The van der Waals surface area contributed by atoms with Gasteiger partial charge in [-0.25, -0.2) is 4.79 Å². The van der Waals surface area contributed by atoms with Gasteiger partial charge in [0.05, 0.1) is 12.2 Å². The molecule has 0 radical (unpaired) electrons. The van der Waals surface area contributed by atoms with Gasteiger partial charge in [0.15, 0.2) is 0 Å². The minimum atomic E-state index is -0.296. The van der Waals surface area contributed by atoms with Crippen molar-refractivity contribution >= 4 is 5.97 Å². The highest BCUT2D eigenvalue weighted by molar-refractivity contribution is 5.89. The molecule has 0 amide bonds. The van der Waals surface area contributed by atoms with Gasteiger partial charge in [0.25, 0.3) is 0 Å². The number of esters is 1. The van der Waals surface area contributed by atoms with Crippen molar-refractivity contribution in [3.8, 4) is 0 Å². The largest absolute Gasteiger partial charge is 0.462 e. The molecule has 0 heterocycles. The summed E-state index contributed by atoms with van der Waals surface area (Å²) in [5, 5.41) is 0. The van der Waals surface area contributed by atoms with Crippen LogP contribution in [0.4, 0.5) is 0 Å². The molecule has 21 heavy (non-hydrogen) atoms. The summed E-state index contributed by atoms with van der Waals surface area (Å²) in [7, 11) is 0. The van der Waals surface area contributed by atoms with Crippen LogP contribution in [0.15, 0.2) is 30.3 Å². The first-order valence-corrected chi connectivity index (χ1v) is 7.86. The molecule has 0 aliphatic carbocycles. The SMILES string of the molecule is CCCCCC(N)CC(N)CCOC(=O)c1ccccc1. The van der Waals surface area contributed by atoms with E-state index in [-0.39, 0.29) is 18.1 Å². The van der Waals surface area contributed by atoms with Crippen molar-refractivity contribution in [3.05, 3.63) is 35.9 Å². The smallest absolute Gasteiger partial charge is 0.338 e. The molecule has 0 aliphatic rings. The Labute approximate surface area is 127 Å². The second-order valence-electron chi connectivity index (χ2n) is 5.54. The van der Waals surface area contributed by atoms with Gasteiger partial charge >= 0.3 is 5.97 Å². The topological polar surface area (TPSA) is 78.3 Å². The molecule has 0 spiro atoms. The summed E-state index contributed by atoms with van der Waals surface area (Å²) in [5.74, 6) is -0.296. The highest BCUT2D eigenvalue weighted by Gasteiger charge is 2.11. The summed E-state index contributed by atoms with van der Waals surface area (Å²) < 4.78 is 5.22. The molecular weight excluding hydrogens is 264 g/mol. The Morgan fingerprint density at radius 1 is 1.10 bits per heavy atom. The van der Waals surface area contributed by atoms with E-state index < -0.39 is 0 Å². The molecule has 0 aromatic heterocycles. The van der Waals surface area contributed by atoms with Crippen LogP contribution < -0.4 is 11.5 Å². The lowest BCUT2D eigenvalue weighted by atomic mass is 10.0. The number of hydrogen-bond donors (Lipinski definition) is 2. The van der Waals surface area contributed by atoms with Crippen molar-refractivity contribution in [3.63, 3.8) is 0 Å². The number of hydrogen-bond acceptors (Lipinski definition) is 4. The molecule has 0 aliphatic heterocycles. The number of rotatable bonds is 10. The molecule has 0 fully saturated rings. The Hall–Kier alpha value is -1.39. The second kappa shape index (κ2) is 10.4. The zero-order valence-corrected chi connectivity index (χ0v) is 13.0.